The third-order valence-electron chi connectivity index (χ3n) is 5.29. The molecule has 6 nitrogen and oxygen atoms in total. The molecule has 2 aromatic carbocycles. The fourth-order valence-corrected chi connectivity index (χ4v) is 3.89. The van der Waals surface area contributed by atoms with E-state index in [1.54, 1.807) is 18.5 Å². The lowest BCUT2D eigenvalue weighted by molar-refractivity contribution is 0.442. The van der Waals surface area contributed by atoms with Crippen LogP contribution in [0.5, 0.6) is 11.8 Å². The summed E-state index contributed by atoms with van der Waals surface area (Å²) in [5.41, 5.74) is 11.9. The molecule has 0 amide bonds. The van der Waals surface area contributed by atoms with Crippen molar-refractivity contribution in [2.75, 3.05) is 11.1 Å². The Morgan fingerprint density at radius 2 is 1.80 bits per heavy atom. The van der Waals surface area contributed by atoms with Crippen LogP contribution in [0.25, 0.3) is 22.2 Å². The maximum atomic E-state index is 6.66. The first kappa shape index (κ1) is 18.5. The van der Waals surface area contributed by atoms with Gasteiger partial charge in [0.15, 0.2) is 0 Å². The van der Waals surface area contributed by atoms with Gasteiger partial charge in [0.25, 0.3) is 0 Å². The number of benzene rings is 2. The van der Waals surface area contributed by atoms with Crippen LogP contribution in [0, 0.1) is 0 Å². The van der Waals surface area contributed by atoms with Gasteiger partial charge in [0, 0.05) is 47.2 Å². The van der Waals surface area contributed by atoms with Crippen LogP contribution in [0.2, 0.25) is 0 Å². The molecule has 3 N–H and O–H groups in total. The van der Waals surface area contributed by atoms with Gasteiger partial charge in [-0.25, -0.2) is 9.97 Å². The molecule has 5 rings (SSSR count). The number of fused-ring (bicyclic) bond motifs is 1. The first-order valence-corrected chi connectivity index (χ1v) is 10.4. The van der Waals surface area contributed by atoms with E-state index in [0.29, 0.717) is 23.8 Å². The second kappa shape index (κ2) is 7.37. The Kier molecular flexibility index (Phi) is 4.54. The Balaban J connectivity index is 1.58. The summed E-state index contributed by atoms with van der Waals surface area (Å²) in [7, 11) is 0. The maximum absolute atomic E-state index is 6.66. The molecule has 6 heteroatoms. The minimum atomic E-state index is 0.336. The molecule has 0 atom stereocenters. The number of ether oxygens (including phenoxy) is 1. The second-order valence-corrected chi connectivity index (χ2v) is 8.05. The van der Waals surface area contributed by atoms with Gasteiger partial charge < -0.3 is 20.4 Å². The molecule has 1 aliphatic rings. The summed E-state index contributed by atoms with van der Waals surface area (Å²) in [6, 6.07) is 17.5. The number of nitrogens with one attached hydrogen (secondary N) is 1. The highest BCUT2D eigenvalue weighted by molar-refractivity contribution is 6.01. The van der Waals surface area contributed by atoms with E-state index >= 15 is 0 Å². The van der Waals surface area contributed by atoms with E-state index in [2.05, 4.69) is 58.0 Å². The predicted octanol–water partition coefficient (Wildman–Crippen LogP) is 5.63. The summed E-state index contributed by atoms with van der Waals surface area (Å²) in [4.78, 5) is 8.30. The monoisotopic (exact) mass is 399 g/mol. The molecule has 152 valence electrons. The van der Waals surface area contributed by atoms with E-state index in [1.165, 1.54) is 0 Å². The number of hydrogen-bond donors (Lipinski definition) is 2. The van der Waals surface area contributed by atoms with Gasteiger partial charge in [-0.1, -0.05) is 12.1 Å². The van der Waals surface area contributed by atoms with Crippen molar-refractivity contribution in [2.24, 2.45) is 0 Å². The number of aromatic nitrogens is 3. The molecule has 0 unspecified atom stereocenters. The van der Waals surface area contributed by atoms with Crippen molar-refractivity contribution in [3.63, 3.8) is 0 Å². The second-order valence-electron chi connectivity index (χ2n) is 8.05. The van der Waals surface area contributed by atoms with Crippen LogP contribution >= 0.6 is 0 Å². The quantitative estimate of drug-likeness (QED) is 0.439. The van der Waals surface area contributed by atoms with Crippen LogP contribution in [0.3, 0.4) is 0 Å². The summed E-state index contributed by atoms with van der Waals surface area (Å²) >= 11 is 0. The molecule has 1 fully saturated rings. The fraction of sp³-hybridized carbons (Fsp3) is 0.250. The first-order valence-electron chi connectivity index (χ1n) is 10.4. The first-order chi connectivity index (χ1) is 14.6. The van der Waals surface area contributed by atoms with Crippen LogP contribution in [0.4, 0.5) is 11.4 Å². The number of nitrogen functional groups attached to an aromatic ring is 1. The Hall–Kier alpha value is -3.54. The third-order valence-corrected chi connectivity index (χ3v) is 5.29. The van der Waals surface area contributed by atoms with Crippen molar-refractivity contribution in [1.29, 1.82) is 0 Å². The third kappa shape index (κ3) is 3.45. The molecule has 4 aromatic rings. The lowest BCUT2D eigenvalue weighted by atomic mass is 10.1. The highest BCUT2D eigenvalue weighted by atomic mass is 16.5. The van der Waals surface area contributed by atoms with E-state index < -0.39 is 0 Å². The van der Waals surface area contributed by atoms with E-state index in [9.17, 15) is 0 Å². The van der Waals surface area contributed by atoms with Gasteiger partial charge in [-0.3, -0.25) is 0 Å². The topological polar surface area (TPSA) is 78.0 Å². The highest BCUT2D eigenvalue weighted by Gasteiger charge is 2.30. The summed E-state index contributed by atoms with van der Waals surface area (Å²) in [6.07, 6.45) is 5.66. The number of anilines is 2. The van der Waals surface area contributed by atoms with Gasteiger partial charge in [-0.05, 0) is 57.0 Å². The Labute approximate surface area is 175 Å². The van der Waals surface area contributed by atoms with Crippen LogP contribution in [0.15, 0.2) is 60.9 Å². The molecule has 0 radical (unpaired) electrons. The number of nitrogens with two attached hydrogens (primary N) is 1. The largest absolute Gasteiger partial charge is 0.424 e. The van der Waals surface area contributed by atoms with Crippen LogP contribution in [-0.4, -0.2) is 20.6 Å². The van der Waals surface area contributed by atoms with Crippen molar-refractivity contribution < 1.29 is 4.74 Å². The number of hydrogen-bond acceptors (Lipinski definition) is 5. The van der Waals surface area contributed by atoms with Gasteiger partial charge in [-0.2, -0.15) is 0 Å². The Bertz CT molecular complexity index is 1180. The standard InChI is InChI=1S/C24H25N5O/c1-15(2)28-17-6-4-16(5-7-17)23-22(25)20-11-10-19(30-24-26-12-3-13-27-24)14-21(20)29(23)18-8-9-18/h3-7,10-15,18,28H,8-9,25H2,1-2H3. The van der Waals surface area contributed by atoms with Crippen molar-refractivity contribution in [2.45, 2.75) is 38.8 Å². The normalized spacial score (nSPS) is 13.7. The SMILES string of the molecule is CC(C)Nc1ccc(-c2c(N)c3ccc(Oc4ncccn4)cc3n2C2CC2)cc1. The van der Waals surface area contributed by atoms with Gasteiger partial charge in [0.05, 0.1) is 16.9 Å². The minimum absolute atomic E-state index is 0.336. The van der Waals surface area contributed by atoms with Gasteiger partial charge in [0.2, 0.25) is 0 Å². The highest BCUT2D eigenvalue weighted by Crippen LogP contribution is 2.47. The zero-order chi connectivity index (χ0) is 20.7. The lowest BCUT2D eigenvalue weighted by Gasteiger charge is -2.13. The molecule has 0 saturated heterocycles. The molecular formula is C24H25N5O. The Morgan fingerprint density at radius 3 is 2.47 bits per heavy atom. The average molecular weight is 399 g/mol. The molecule has 30 heavy (non-hydrogen) atoms. The molecule has 0 spiro atoms. The molecule has 2 heterocycles. The van der Waals surface area contributed by atoms with Gasteiger partial charge >= 0.3 is 6.01 Å². The molecule has 1 saturated carbocycles. The summed E-state index contributed by atoms with van der Waals surface area (Å²) < 4.78 is 8.23. The van der Waals surface area contributed by atoms with Crippen molar-refractivity contribution >= 4 is 22.3 Å². The minimum Gasteiger partial charge on any atom is -0.424 e. The molecule has 2 aromatic heterocycles. The molecular weight excluding hydrogens is 374 g/mol. The smallest absolute Gasteiger partial charge is 0.321 e. The van der Waals surface area contributed by atoms with E-state index in [1.807, 2.05) is 18.2 Å². The van der Waals surface area contributed by atoms with Crippen LogP contribution in [-0.2, 0) is 0 Å². The number of nitrogens with zero attached hydrogens (tertiary/aromatic N) is 3. The summed E-state index contributed by atoms with van der Waals surface area (Å²) in [6.45, 7) is 4.27. The van der Waals surface area contributed by atoms with Gasteiger partial charge in [-0.15, -0.1) is 0 Å². The van der Waals surface area contributed by atoms with E-state index in [-0.39, 0.29) is 0 Å². The molecule has 0 bridgehead atoms. The summed E-state index contributed by atoms with van der Waals surface area (Å²) in [5.74, 6) is 0.705. The van der Waals surface area contributed by atoms with Crippen molar-refractivity contribution in [3.8, 4) is 23.0 Å². The lowest BCUT2D eigenvalue weighted by Crippen LogP contribution is -2.09. The maximum Gasteiger partial charge on any atom is 0.321 e. The number of rotatable bonds is 6. The fourth-order valence-electron chi connectivity index (χ4n) is 3.89. The van der Waals surface area contributed by atoms with Crippen molar-refractivity contribution in [1.82, 2.24) is 14.5 Å². The molecule has 1 aliphatic carbocycles. The summed E-state index contributed by atoms with van der Waals surface area (Å²) in [5, 5.41) is 4.48. The zero-order valence-electron chi connectivity index (χ0n) is 17.2. The van der Waals surface area contributed by atoms with Crippen molar-refractivity contribution in [3.05, 3.63) is 60.9 Å². The van der Waals surface area contributed by atoms with E-state index in [4.69, 9.17) is 10.5 Å². The molecule has 0 aliphatic heterocycles. The van der Waals surface area contributed by atoms with Gasteiger partial charge in [0.1, 0.15) is 5.75 Å². The Morgan fingerprint density at radius 1 is 1.07 bits per heavy atom. The zero-order valence-corrected chi connectivity index (χ0v) is 17.2. The van der Waals surface area contributed by atoms with Crippen LogP contribution in [0.1, 0.15) is 32.7 Å². The average Bonchev–Trinajstić information content (AvgIpc) is 3.54. The van der Waals surface area contributed by atoms with E-state index in [0.717, 1.165) is 46.4 Å². The van der Waals surface area contributed by atoms with Crippen LogP contribution < -0.4 is 15.8 Å². The predicted molar refractivity (Wildman–Crippen MR) is 121 cm³/mol.